The Labute approximate surface area is 87.3 Å². The summed E-state index contributed by atoms with van der Waals surface area (Å²) in [4.78, 5) is 11.3. The maximum atomic E-state index is 11.3. The first-order chi connectivity index (χ1) is 6.61. The molecule has 2 nitrogen and oxygen atoms in total. The van der Waals surface area contributed by atoms with Crippen LogP contribution in [-0.2, 0) is 9.53 Å². The van der Waals surface area contributed by atoms with Crippen LogP contribution < -0.4 is 0 Å². The largest absolute Gasteiger partial charge is 0.461 e. The molecule has 0 aliphatic rings. The van der Waals surface area contributed by atoms with Crippen LogP contribution in [0.3, 0.4) is 0 Å². The van der Waals surface area contributed by atoms with Gasteiger partial charge in [-0.1, -0.05) is 46.3 Å². The van der Waals surface area contributed by atoms with E-state index < -0.39 is 0 Å². The first-order valence-electron chi connectivity index (χ1n) is 5.38. The van der Waals surface area contributed by atoms with E-state index >= 15 is 0 Å². The summed E-state index contributed by atoms with van der Waals surface area (Å²) in [5, 5.41) is 0. The fourth-order valence-electron chi connectivity index (χ4n) is 1.41. The summed E-state index contributed by atoms with van der Waals surface area (Å²) in [6.07, 6.45) is 4.47. The summed E-state index contributed by atoms with van der Waals surface area (Å²) in [6, 6.07) is 0. The van der Waals surface area contributed by atoms with Gasteiger partial charge in [-0.05, 0) is 11.8 Å². The van der Waals surface area contributed by atoms with Gasteiger partial charge in [0.1, 0.15) is 6.61 Å². The highest BCUT2D eigenvalue weighted by Gasteiger charge is 2.15. The van der Waals surface area contributed by atoms with Crippen LogP contribution in [0.5, 0.6) is 0 Å². The maximum absolute atomic E-state index is 11.3. The van der Waals surface area contributed by atoms with Crippen LogP contribution in [0.2, 0.25) is 0 Å². The molecule has 2 unspecified atom stereocenters. The van der Waals surface area contributed by atoms with Crippen LogP contribution in [-0.4, -0.2) is 12.6 Å². The molecule has 0 aliphatic heterocycles. The summed E-state index contributed by atoms with van der Waals surface area (Å²) >= 11 is 0. The molecule has 0 aromatic carbocycles. The molecule has 0 bridgehead atoms. The summed E-state index contributed by atoms with van der Waals surface area (Å²) < 4.78 is 4.93. The van der Waals surface area contributed by atoms with Gasteiger partial charge in [-0.2, -0.15) is 0 Å². The van der Waals surface area contributed by atoms with Crippen LogP contribution >= 0.6 is 0 Å². The molecule has 0 saturated heterocycles. The molecule has 0 aromatic rings. The third kappa shape index (κ3) is 5.79. The molecule has 2 heteroatoms. The van der Waals surface area contributed by atoms with Crippen LogP contribution in [0.1, 0.15) is 40.0 Å². The minimum Gasteiger partial charge on any atom is -0.461 e. The highest BCUT2D eigenvalue weighted by atomic mass is 16.5. The molecule has 82 valence electrons. The van der Waals surface area contributed by atoms with Crippen LogP contribution in [0.15, 0.2) is 12.7 Å². The van der Waals surface area contributed by atoms with Crippen LogP contribution in [0.4, 0.5) is 0 Å². The zero-order valence-corrected chi connectivity index (χ0v) is 9.58. The molecule has 0 aliphatic carbocycles. The van der Waals surface area contributed by atoms with E-state index in [9.17, 15) is 4.79 Å². The summed E-state index contributed by atoms with van der Waals surface area (Å²) in [7, 11) is 0. The normalized spacial score (nSPS) is 14.5. The topological polar surface area (TPSA) is 26.3 Å². The van der Waals surface area contributed by atoms with Gasteiger partial charge in [0, 0.05) is 6.42 Å². The second-order valence-electron chi connectivity index (χ2n) is 3.92. The first-order valence-corrected chi connectivity index (χ1v) is 5.38. The number of hydrogen-bond donors (Lipinski definition) is 0. The van der Waals surface area contributed by atoms with Crippen molar-refractivity contribution in [1.29, 1.82) is 0 Å². The maximum Gasteiger partial charge on any atom is 0.306 e. The molecule has 0 radical (unpaired) electrons. The molecule has 0 fully saturated rings. The number of ether oxygens (including phenoxy) is 1. The minimum atomic E-state index is -0.111. The van der Waals surface area contributed by atoms with Gasteiger partial charge >= 0.3 is 5.97 Å². The molecule has 2 atom stereocenters. The average molecular weight is 198 g/mol. The van der Waals surface area contributed by atoms with Crippen molar-refractivity contribution in [3.8, 4) is 0 Å². The lowest BCUT2D eigenvalue weighted by molar-refractivity contribution is -0.143. The van der Waals surface area contributed by atoms with Gasteiger partial charge in [0.2, 0.25) is 0 Å². The number of esters is 1. The van der Waals surface area contributed by atoms with Crippen molar-refractivity contribution in [3.05, 3.63) is 12.7 Å². The zero-order chi connectivity index (χ0) is 11.0. The third-order valence-electron chi connectivity index (χ3n) is 2.57. The highest BCUT2D eigenvalue weighted by Crippen LogP contribution is 2.20. The van der Waals surface area contributed by atoms with E-state index in [0.717, 1.165) is 0 Å². The number of hydrogen-bond acceptors (Lipinski definition) is 2. The lowest BCUT2D eigenvalue weighted by Gasteiger charge is -2.17. The van der Waals surface area contributed by atoms with Crippen molar-refractivity contribution in [1.82, 2.24) is 0 Å². The van der Waals surface area contributed by atoms with Crippen molar-refractivity contribution < 1.29 is 9.53 Å². The first kappa shape index (κ1) is 13.2. The standard InChI is InChI=1S/C12H22O2/c1-5-7-10(3)11(4)9-12(13)14-8-6-2/h6,10-11H,2,5,7-9H2,1,3-4H3. The van der Waals surface area contributed by atoms with E-state index in [1.807, 2.05) is 0 Å². The summed E-state index contributed by atoms with van der Waals surface area (Å²) in [5.74, 6) is 0.892. The van der Waals surface area contributed by atoms with Crippen LogP contribution in [0, 0.1) is 11.8 Å². The lowest BCUT2D eigenvalue weighted by atomic mass is 9.89. The van der Waals surface area contributed by atoms with Crippen LogP contribution in [0.25, 0.3) is 0 Å². The minimum absolute atomic E-state index is 0.111. The Balaban J connectivity index is 3.74. The molecule has 0 rings (SSSR count). The van der Waals surface area contributed by atoms with Gasteiger partial charge in [-0.25, -0.2) is 0 Å². The quantitative estimate of drug-likeness (QED) is 0.464. The fourth-order valence-corrected chi connectivity index (χ4v) is 1.41. The Kier molecular flexibility index (Phi) is 7.17. The Morgan fingerprint density at radius 3 is 2.57 bits per heavy atom. The van der Waals surface area contributed by atoms with E-state index in [2.05, 4.69) is 27.4 Å². The predicted octanol–water partition coefficient (Wildman–Crippen LogP) is 3.18. The Hall–Kier alpha value is -0.790. The van der Waals surface area contributed by atoms with E-state index in [4.69, 9.17) is 4.74 Å². The molecule has 0 N–H and O–H groups in total. The van der Waals surface area contributed by atoms with E-state index in [0.29, 0.717) is 24.9 Å². The Bertz CT molecular complexity index is 175. The van der Waals surface area contributed by atoms with Crippen molar-refractivity contribution >= 4 is 5.97 Å². The smallest absolute Gasteiger partial charge is 0.306 e. The number of rotatable bonds is 7. The molecule has 0 spiro atoms. The average Bonchev–Trinajstić information content (AvgIpc) is 2.15. The molecular formula is C12H22O2. The highest BCUT2D eigenvalue weighted by molar-refractivity contribution is 5.69. The Morgan fingerprint density at radius 2 is 2.07 bits per heavy atom. The van der Waals surface area contributed by atoms with E-state index in [1.54, 1.807) is 6.08 Å². The Morgan fingerprint density at radius 1 is 1.43 bits per heavy atom. The van der Waals surface area contributed by atoms with Gasteiger partial charge in [-0.3, -0.25) is 4.79 Å². The summed E-state index contributed by atoms with van der Waals surface area (Å²) in [5.41, 5.74) is 0. The van der Waals surface area contributed by atoms with E-state index in [1.165, 1.54) is 12.8 Å². The SMILES string of the molecule is C=CCOC(=O)CC(C)C(C)CCC. The number of carbonyl (C=O) groups excluding carboxylic acids is 1. The van der Waals surface area contributed by atoms with Gasteiger partial charge in [0.25, 0.3) is 0 Å². The summed E-state index contributed by atoms with van der Waals surface area (Å²) in [6.45, 7) is 10.3. The molecule has 0 aromatic heterocycles. The van der Waals surface area contributed by atoms with Crippen molar-refractivity contribution in [2.24, 2.45) is 11.8 Å². The van der Waals surface area contributed by atoms with Gasteiger partial charge in [-0.15, -0.1) is 0 Å². The lowest BCUT2D eigenvalue weighted by Crippen LogP contribution is -2.15. The molecule has 14 heavy (non-hydrogen) atoms. The third-order valence-corrected chi connectivity index (χ3v) is 2.57. The fraction of sp³-hybridized carbons (Fsp3) is 0.750. The molecule has 0 saturated carbocycles. The monoisotopic (exact) mass is 198 g/mol. The van der Waals surface area contributed by atoms with Gasteiger partial charge < -0.3 is 4.74 Å². The van der Waals surface area contributed by atoms with E-state index in [-0.39, 0.29) is 5.97 Å². The molecular weight excluding hydrogens is 176 g/mol. The number of carbonyl (C=O) groups is 1. The van der Waals surface area contributed by atoms with Gasteiger partial charge in [0.15, 0.2) is 0 Å². The predicted molar refractivity (Wildman–Crippen MR) is 59.0 cm³/mol. The molecule has 0 amide bonds. The second-order valence-corrected chi connectivity index (χ2v) is 3.92. The van der Waals surface area contributed by atoms with Gasteiger partial charge in [0.05, 0.1) is 0 Å². The second kappa shape index (κ2) is 7.60. The van der Waals surface area contributed by atoms with Crippen molar-refractivity contribution in [2.45, 2.75) is 40.0 Å². The van der Waals surface area contributed by atoms with Crippen molar-refractivity contribution in [3.63, 3.8) is 0 Å². The zero-order valence-electron chi connectivity index (χ0n) is 9.58. The van der Waals surface area contributed by atoms with Crippen molar-refractivity contribution in [2.75, 3.05) is 6.61 Å². The molecule has 0 heterocycles.